The topological polar surface area (TPSA) is 26.3 Å². The van der Waals surface area contributed by atoms with Crippen molar-refractivity contribution in [2.24, 2.45) is 17.8 Å². The summed E-state index contributed by atoms with van der Waals surface area (Å²) in [6.07, 6.45) is 4.97. The molecule has 0 aromatic rings. The lowest BCUT2D eigenvalue weighted by atomic mass is 9.89. The average Bonchev–Trinajstić information content (AvgIpc) is 2.62. The Morgan fingerprint density at radius 1 is 1.36 bits per heavy atom. The Hall–Kier alpha value is -0.530. The number of rotatable bonds is 1. The molecule has 0 unspecified atom stereocenters. The van der Waals surface area contributed by atoms with E-state index in [1.807, 2.05) is 0 Å². The highest BCUT2D eigenvalue weighted by molar-refractivity contribution is 5.73. The fourth-order valence-electron chi connectivity index (χ4n) is 2.68. The van der Waals surface area contributed by atoms with E-state index in [1.165, 1.54) is 26.4 Å². The molecule has 2 fully saturated rings. The van der Waals surface area contributed by atoms with Crippen LogP contribution in [0, 0.1) is 17.8 Å². The summed E-state index contributed by atoms with van der Waals surface area (Å²) < 4.78 is 4.75. The first-order valence-electron chi connectivity index (χ1n) is 4.39. The van der Waals surface area contributed by atoms with Gasteiger partial charge in [0.2, 0.25) is 0 Å². The van der Waals surface area contributed by atoms with Gasteiger partial charge in [0.1, 0.15) is 0 Å². The van der Waals surface area contributed by atoms with Crippen LogP contribution in [0.1, 0.15) is 25.7 Å². The molecular formula is C9H14O2. The summed E-state index contributed by atoms with van der Waals surface area (Å²) >= 11 is 0. The van der Waals surface area contributed by atoms with Gasteiger partial charge in [0.05, 0.1) is 13.0 Å². The number of carbonyl (C=O) groups excluding carboxylic acids is 1. The van der Waals surface area contributed by atoms with E-state index in [1.54, 1.807) is 0 Å². The number of hydrogen-bond donors (Lipinski definition) is 0. The fraction of sp³-hybridized carbons (Fsp3) is 0.889. The first kappa shape index (κ1) is 7.14. The Morgan fingerprint density at radius 2 is 2.18 bits per heavy atom. The summed E-state index contributed by atoms with van der Waals surface area (Å²) in [5, 5.41) is 0. The zero-order chi connectivity index (χ0) is 7.84. The number of esters is 1. The Labute approximate surface area is 66.9 Å². The lowest BCUT2D eigenvalue weighted by Gasteiger charge is -2.18. The minimum Gasteiger partial charge on any atom is -0.469 e. The Morgan fingerprint density at radius 3 is 2.64 bits per heavy atom. The Kier molecular flexibility index (Phi) is 1.63. The second-order valence-corrected chi connectivity index (χ2v) is 3.80. The van der Waals surface area contributed by atoms with Crippen LogP contribution >= 0.6 is 0 Å². The summed E-state index contributed by atoms with van der Waals surface area (Å²) in [4.78, 5) is 11.2. The zero-order valence-electron chi connectivity index (χ0n) is 6.88. The number of carbonyl (C=O) groups is 1. The van der Waals surface area contributed by atoms with Gasteiger partial charge in [-0.2, -0.15) is 0 Å². The maximum atomic E-state index is 11.2. The van der Waals surface area contributed by atoms with Crippen molar-refractivity contribution in [1.29, 1.82) is 0 Å². The molecule has 62 valence electrons. The molecule has 0 saturated heterocycles. The molecule has 2 aliphatic carbocycles. The third kappa shape index (κ3) is 1.05. The lowest BCUT2D eigenvalue weighted by Crippen LogP contribution is -2.21. The molecule has 2 rings (SSSR count). The van der Waals surface area contributed by atoms with E-state index in [0.717, 1.165) is 12.3 Å². The molecular weight excluding hydrogens is 140 g/mol. The van der Waals surface area contributed by atoms with Crippen LogP contribution in [-0.4, -0.2) is 13.1 Å². The molecule has 0 aromatic heterocycles. The standard InChI is InChI=1S/C9H14O2/c1-11-9(10)8-5-6-2-3-7(8)4-6/h6-8H,2-5H2,1H3/t6-,7+,8-/m1/s1. The molecule has 0 N–H and O–H groups in total. The van der Waals surface area contributed by atoms with Gasteiger partial charge in [-0.05, 0) is 31.1 Å². The third-order valence-corrected chi connectivity index (χ3v) is 3.24. The molecule has 0 heterocycles. The van der Waals surface area contributed by atoms with Gasteiger partial charge in [0.15, 0.2) is 0 Å². The van der Waals surface area contributed by atoms with E-state index >= 15 is 0 Å². The van der Waals surface area contributed by atoms with E-state index in [4.69, 9.17) is 4.74 Å². The second-order valence-electron chi connectivity index (χ2n) is 3.80. The molecule has 2 nitrogen and oxygen atoms in total. The van der Waals surface area contributed by atoms with Crippen molar-refractivity contribution in [3.63, 3.8) is 0 Å². The van der Waals surface area contributed by atoms with Crippen molar-refractivity contribution in [3.05, 3.63) is 0 Å². The van der Waals surface area contributed by atoms with Crippen LogP contribution in [0.2, 0.25) is 0 Å². The van der Waals surface area contributed by atoms with Gasteiger partial charge in [-0.1, -0.05) is 6.42 Å². The largest absolute Gasteiger partial charge is 0.469 e. The van der Waals surface area contributed by atoms with E-state index in [-0.39, 0.29) is 11.9 Å². The number of fused-ring (bicyclic) bond motifs is 2. The minimum atomic E-state index is 0.0252. The number of hydrogen-bond acceptors (Lipinski definition) is 2. The van der Waals surface area contributed by atoms with Gasteiger partial charge in [0.25, 0.3) is 0 Å². The van der Waals surface area contributed by atoms with E-state index in [0.29, 0.717) is 5.92 Å². The minimum absolute atomic E-state index is 0.0252. The summed E-state index contributed by atoms with van der Waals surface area (Å²) in [5.41, 5.74) is 0. The van der Waals surface area contributed by atoms with Crippen LogP contribution in [0.25, 0.3) is 0 Å². The molecule has 0 radical (unpaired) electrons. The number of methoxy groups -OCH3 is 1. The molecule has 0 aromatic carbocycles. The molecule has 0 spiro atoms. The lowest BCUT2D eigenvalue weighted by molar-refractivity contribution is -0.147. The Balaban J connectivity index is 2.02. The maximum Gasteiger partial charge on any atom is 0.308 e. The first-order chi connectivity index (χ1) is 5.31. The normalized spacial score (nSPS) is 41.0. The van der Waals surface area contributed by atoms with Gasteiger partial charge in [-0.15, -0.1) is 0 Å². The summed E-state index contributed by atoms with van der Waals surface area (Å²) in [5.74, 6) is 1.77. The van der Waals surface area contributed by atoms with Crippen molar-refractivity contribution in [3.8, 4) is 0 Å². The Bertz CT molecular complexity index is 176. The highest BCUT2D eigenvalue weighted by Gasteiger charge is 2.43. The van der Waals surface area contributed by atoms with Crippen LogP contribution in [-0.2, 0) is 9.53 Å². The van der Waals surface area contributed by atoms with Crippen LogP contribution < -0.4 is 0 Å². The van der Waals surface area contributed by atoms with Gasteiger partial charge in [0, 0.05) is 0 Å². The molecule has 2 bridgehead atoms. The summed E-state index contributed by atoms with van der Waals surface area (Å²) in [6.45, 7) is 0. The molecule has 11 heavy (non-hydrogen) atoms. The van der Waals surface area contributed by atoms with Gasteiger partial charge >= 0.3 is 5.97 Å². The first-order valence-corrected chi connectivity index (χ1v) is 4.39. The highest BCUT2D eigenvalue weighted by Crippen LogP contribution is 2.48. The summed E-state index contributed by atoms with van der Waals surface area (Å²) in [7, 11) is 1.49. The average molecular weight is 154 g/mol. The second kappa shape index (κ2) is 2.50. The van der Waals surface area contributed by atoms with Gasteiger partial charge in [-0.3, -0.25) is 4.79 Å². The third-order valence-electron chi connectivity index (χ3n) is 3.24. The predicted molar refractivity (Wildman–Crippen MR) is 41.0 cm³/mol. The predicted octanol–water partition coefficient (Wildman–Crippen LogP) is 1.60. The molecule has 2 heteroatoms. The quantitative estimate of drug-likeness (QED) is 0.536. The molecule has 0 amide bonds. The SMILES string of the molecule is COC(=O)[C@@H]1C[C@@H]2CC[C@H]1C2. The fourth-order valence-corrected chi connectivity index (χ4v) is 2.68. The summed E-state index contributed by atoms with van der Waals surface area (Å²) in [6, 6.07) is 0. The van der Waals surface area contributed by atoms with E-state index in [9.17, 15) is 4.79 Å². The molecule has 0 aliphatic heterocycles. The monoisotopic (exact) mass is 154 g/mol. The maximum absolute atomic E-state index is 11.2. The van der Waals surface area contributed by atoms with Crippen LogP contribution in [0.15, 0.2) is 0 Å². The van der Waals surface area contributed by atoms with Crippen molar-refractivity contribution >= 4 is 5.97 Å². The van der Waals surface area contributed by atoms with E-state index in [2.05, 4.69) is 0 Å². The van der Waals surface area contributed by atoms with Crippen LogP contribution in [0.4, 0.5) is 0 Å². The zero-order valence-corrected chi connectivity index (χ0v) is 6.88. The molecule has 2 saturated carbocycles. The van der Waals surface area contributed by atoms with Crippen molar-refractivity contribution in [2.45, 2.75) is 25.7 Å². The van der Waals surface area contributed by atoms with Crippen molar-refractivity contribution in [1.82, 2.24) is 0 Å². The van der Waals surface area contributed by atoms with Crippen LogP contribution in [0.5, 0.6) is 0 Å². The van der Waals surface area contributed by atoms with E-state index < -0.39 is 0 Å². The highest BCUT2D eigenvalue weighted by atomic mass is 16.5. The van der Waals surface area contributed by atoms with Gasteiger partial charge < -0.3 is 4.74 Å². The van der Waals surface area contributed by atoms with Crippen LogP contribution in [0.3, 0.4) is 0 Å². The smallest absolute Gasteiger partial charge is 0.308 e. The van der Waals surface area contributed by atoms with Crippen molar-refractivity contribution < 1.29 is 9.53 Å². The number of ether oxygens (including phenoxy) is 1. The van der Waals surface area contributed by atoms with Crippen molar-refractivity contribution in [2.75, 3.05) is 7.11 Å². The van der Waals surface area contributed by atoms with Gasteiger partial charge in [-0.25, -0.2) is 0 Å². The molecule has 2 aliphatic rings. The molecule has 3 atom stereocenters.